The van der Waals surface area contributed by atoms with Crippen LogP contribution in [-0.4, -0.2) is 60.8 Å². The first-order valence-corrected chi connectivity index (χ1v) is 11.5. The summed E-state index contributed by atoms with van der Waals surface area (Å²) >= 11 is 0. The number of rotatable bonds is 8. The number of ketones is 1. The Morgan fingerprint density at radius 3 is 2.34 bits per heavy atom. The van der Waals surface area contributed by atoms with E-state index < -0.39 is 35.4 Å². The first kappa shape index (κ1) is 27.1. The number of hydrogen-bond donors (Lipinski definition) is 1. The topological polar surface area (TPSA) is 80.8 Å². The molecule has 1 amide bonds. The van der Waals surface area contributed by atoms with Gasteiger partial charge >= 0.3 is 6.36 Å². The van der Waals surface area contributed by atoms with E-state index in [0.717, 1.165) is 30.3 Å². The van der Waals surface area contributed by atoms with Gasteiger partial charge in [-0.05, 0) is 42.0 Å². The number of Topliss-reactive ketones (excluding diaryl/α,β-unsaturated/α-hetero) is 1. The Balaban J connectivity index is 1.49. The van der Waals surface area contributed by atoms with Crippen molar-refractivity contribution in [2.24, 2.45) is 0 Å². The highest BCUT2D eigenvalue weighted by Gasteiger charge is 2.32. The van der Waals surface area contributed by atoms with Crippen LogP contribution in [0, 0.1) is 11.6 Å². The second kappa shape index (κ2) is 11.7. The molecule has 4 rings (SSSR count). The molecule has 1 aliphatic rings. The lowest BCUT2D eigenvalue weighted by molar-refractivity contribution is -0.274. The fourth-order valence-corrected chi connectivity index (χ4v) is 3.86. The van der Waals surface area contributed by atoms with Crippen molar-refractivity contribution in [3.8, 4) is 17.0 Å². The third kappa shape index (κ3) is 7.56. The Hall–Kier alpha value is -3.90. The van der Waals surface area contributed by atoms with Crippen LogP contribution in [0.3, 0.4) is 0 Å². The predicted octanol–water partition coefficient (Wildman–Crippen LogP) is 4.62. The minimum atomic E-state index is -5.01. The lowest BCUT2D eigenvalue weighted by atomic mass is 10.0. The Morgan fingerprint density at radius 2 is 1.71 bits per heavy atom. The van der Waals surface area contributed by atoms with Crippen molar-refractivity contribution in [3.63, 3.8) is 0 Å². The van der Waals surface area contributed by atoms with Gasteiger partial charge in [0.1, 0.15) is 11.6 Å². The SMILES string of the molecule is O=C(CN1CCOCC1)Nc1cc(C(=O)Cc2ccc(-c3cc(F)cc(F)c3)nc2)ccc1OC(F)(F)F. The second-order valence-corrected chi connectivity index (χ2v) is 8.51. The summed E-state index contributed by atoms with van der Waals surface area (Å²) in [6.45, 7) is 1.81. The van der Waals surface area contributed by atoms with Gasteiger partial charge in [-0.15, -0.1) is 13.2 Å². The van der Waals surface area contributed by atoms with Gasteiger partial charge in [0, 0.05) is 42.9 Å². The Kier molecular flexibility index (Phi) is 8.32. The Labute approximate surface area is 214 Å². The molecule has 0 spiro atoms. The fourth-order valence-electron chi connectivity index (χ4n) is 3.86. The van der Waals surface area contributed by atoms with E-state index in [1.165, 1.54) is 18.3 Å². The molecule has 1 fully saturated rings. The number of amides is 1. The first-order chi connectivity index (χ1) is 18.1. The maximum absolute atomic E-state index is 13.5. The number of aromatic nitrogens is 1. The molecule has 7 nitrogen and oxygen atoms in total. The number of hydrogen-bond acceptors (Lipinski definition) is 6. The maximum atomic E-state index is 13.5. The molecule has 0 atom stereocenters. The minimum absolute atomic E-state index is 0.0393. The quantitative estimate of drug-likeness (QED) is 0.335. The number of nitrogens with zero attached hydrogens (tertiary/aromatic N) is 2. The lowest BCUT2D eigenvalue weighted by Crippen LogP contribution is -2.41. The standard InChI is InChI=1S/C26H22F5N3O4/c27-19-10-18(11-20(28)13-19)21-3-1-16(14-32-21)9-23(35)17-2-4-24(38-26(29,30)31)22(12-17)33-25(36)15-34-5-7-37-8-6-34/h1-4,10-14H,5-9,15H2,(H,33,36). The van der Waals surface area contributed by atoms with Crippen molar-refractivity contribution >= 4 is 17.4 Å². The van der Waals surface area contributed by atoms with Crippen molar-refractivity contribution in [3.05, 3.63) is 77.5 Å². The number of morpholine rings is 1. The summed E-state index contributed by atoms with van der Waals surface area (Å²) in [4.78, 5) is 31.3. The highest BCUT2D eigenvalue weighted by atomic mass is 19.4. The monoisotopic (exact) mass is 535 g/mol. The van der Waals surface area contributed by atoms with Crippen LogP contribution in [0.15, 0.2) is 54.7 Å². The molecular formula is C26H22F5N3O4. The smallest absolute Gasteiger partial charge is 0.404 e. The summed E-state index contributed by atoms with van der Waals surface area (Å²) in [5.41, 5.74) is 0.714. The zero-order valence-electron chi connectivity index (χ0n) is 19.9. The van der Waals surface area contributed by atoms with Gasteiger partial charge < -0.3 is 14.8 Å². The molecule has 1 aromatic heterocycles. The number of benzene rings is 2. The van der Waals surface area contributed by atoms with Gasteiger partial charge in [-0.2, -0.15) is 0 Å². The molecule has 12 heteroatoms. The minimum Gasteiger partial charge on any atom is -0.404 e. The summed E-state index contributed by atoms with van der Waals surface area (Å²) in [7, 11) is 0. The van der Waals surface area contributed by atoms with E-state index in [1.54, 1.807) is 11.0 Å². The van der Waals surface area contributed by atoms with Gasteiger partial charge in [-0.3, -0.25) is 19.5 Å². The molecule has 200 valence electrons. The molecule has 2 heterocycles. The lowest BCUT2D eigenvalue weighted by Gasteiger charge is -2.26. The van der Waals surface area contributed by atoms with Crippen LogP contribution in [0.2, 0.25) is 0 Å². The van der Waals surface area contributed by atoms with E-state index in [9.17, 15) is 31.5 Å². The zero-order valence-corrected chi connectivity index (χ0v) is 19.9. The molecule has 0 aliphatic carbocycles. The molecule has 1 N–H and O–H groups in total. The van der Waals surface area contributed by atoms with E-state index in [4.69, 9.17) is 4.74 Å². The average molecular weight is 535 g/mol. The molecular weight excluding hydrogens is 513 g/mol. The van der Waals surface area contributed by atoms with Crippen molar-refractivity contribution in [2.45, 2.75) is 12.8 Å². The van der Waals surface area contributed by atoms with E-state index >= 15 is 0 Å². The number of alkyl halides is 3. The Morgan fingerprint density at radius 1 is 1.00 bits per heavy atom. The van der Waals surface area contributed by atoms with E-state index in [0.29, 0.717) is 37.6 Å². The molecule has 2 aromatic carbocycles. The Bertz CT molecular complexity index is 1290. The highest BCUT2D eigenvalue weighted by molar-refractivity contribution is 6.00. The average Bonchev–Trinajstić information content (AvgIpc) is 2.84. The third-order valence-electron chi connectivity index (χ3n) is 5.62. The van der Waals surface area contributed by atoms with Crippen LogP contribution < -0.4 is 10.1 Å². The van der Waals surface area contributed by atoms with Gasteiger partial charge in [0.15, 0.2) is 11.5 Å². The highest BCUT2D eigenvalue weighted by Crippen LogP contribution is 2.32. The number of pyridine rings is 1. The van der Waals surface area contributed by atoms with Crippen molar-refractivity contribution in [1.29, 1.82) is 0 Å². The molecule has 1 saturated heterocycles. The van der Waals surface area contributed by atoms with Crippen LogP contribution >= 0.6 is 0 Å². The number of ether oxygens (including phenoxy) is 2. The van der Waals surface area contributed by atoms with Gasteiger partial charge in [0.05, 0.1) is 31.1 Å². The van der Waals surface area contributed by atoms with Crippen molar-refractivity contribution in [1.82, 2.24) is 9.88 Å². The predicted molar refractivity (Wildman–Crippen MR) is 127 cm³/mol. The number of anilines is 1. The largest absolute Gasteiger partial charge is 0.573 e. The van der Waals surface area contributed by atoms with Crippen LogP contribution in [0.1, 0.15) is 15.9 Å². The van der Waals surface area contributed by atoms with Gasteiger partial charge in [-0.1, -0.05) is 6.07 Å². The summed E-state index contributed by atoms with van der Waals surface area (Å²) in [5.74, 6) is -3.20. The second-order valence-electron chi connectivity index (χ2n) is 8.51. The molecule has 3 aromatic rings. The number of carbonyl (C=O) groups is 2. The number of carbonyl (C=O) groups excluding carboxylic acids is 2. The summed E-state index contributed by atoms with van der Waals surface area (Å²) in [6.07, 6.45) is -3.80. The summed E-state index contributed by atoms with van der Waals surface area (Å²) < 4.78 is 74.9. The molecule has 0 radical (unpaired) electrons. The number of nitrogens with one attached hydrogen (secondary N) is 1. The van der Waals surface area contributed by atoms with Crippen LogP contribution in [0.4, 0.5) is 27.6 Å². The van der Waals surface area contributed by atoms with Gasteiger partial charge in [0.2, 0.25) is 5.91 Å². The van der Waals surface area contributed by atoms with Crippen LogP contribution in [0.25, 0.3) is 11.3 Å². The summed E-state index contributed by atoms with van der Waals surface area (Å²) in [6, 6.07) is 9.27. The van der Waals surface area contributed by atoms with Crippen LogP contribution in [-0.2, 0) is 16.0 Å². The van der Waals surface area contributed by atoms with Gasteiger partial charge in [0.25, 0.3) is 0 Å². The van der Waals surface area contributed by atoms with Crippen molar-refractivity contribution in [2.75, 3.05) is 38.2 Å². The molecule has 0 saturated carbocycles. The first-order valence-electron chi connectivity index (χ1n) is 11.5. The van der Waals surface area contributed by atoms with Crippen molar-refractivity contribution < 1.29 is 41.0 Å². The maximum Gasteiger partial charge on any atom is 0.573 e. The zero-order chi connectivity index (χ0) is 27.3. The molecule has 0 bridgehead atoms. The van der Waals surface area contributed by atoms with Gasteiger partial charge in [-0.25, -0.2) is 8.78 Å². The van der Waals surface area contributed by atoms with E-state index in [-0.39, 0.29) is 29.8 Å². The summed E-state index contributed by atoms with van der Waals surface area (Å²) in [5, 5.41) is 2.40. The molecule has 38 heavy (non-hydrogen) atoms. The number of halogens is 5. The fraction of sp³-hybridized carbons (Fsp3) is 0.269. The normalized spacial score (nSPS) is 14.2. The van der Waals surface area contributed by atoms with E-state index in [1.807, 2.05) is 0 Å². The molecule has 0 unspecified atom stereocenters. The van der Waals surface area contributed by atoms with Crippen LogP contribution in [0.5, 0.6) is 5.75 Å². The molecule has 1 aliphatic heterocycles. The van der Waals surface area contributed by atoms with E-state index in [2.05, 4.69) is 15.0 Å². The third-order valence-corrected chi connectivity index (χ3v) is 5.62.